The Morgan fingerprint density at radius 1 is 1.40 bits per heavy atom. The van der Waals surface area contributed by atoms with Crippen LogP contribution in [0.3, 0.4) is 0 Å². The van der Waals surface area contributed by atoms with Crippen molar-refractivity contribution in [2.24, 2.45) is 0 Å². The van der Waals surface area contributed by atoms with Gasteiger partial charge in [0.05, 0.1) is 0 Å². The number of nitrogens with one attached hydrogen (secondary N) is 1. The van der Waals surface area contributed by atoms with Gasteiger partial charge >= 0.3 is 5.97 Å². The minimum absolute atomic E-state index is 0.605. The van der Waals surface area contributed by atoms with Crippen LogP contribution in [-0.2, 0) is 4.79 Å². The molecule has 0 saturated heterocycles. The molecule has 0 spiro atoms. The van der Waals surface area contributed by atoms with E-state index in [2.05, 4.69) is 5.32 Å². The summed E-state index contributed by atoms with van der Waals surface area (Å²) in [6.07, 6.45) is 0. The molecule has 0 aliphatic carbocycles. The van der Waals surface area contributed by atoms with Gasteiger partial charge in [0.2, 0.25) is 0 Å². The normalized spacial score (nSPS) is 12.2. The number of hydrogen-bond donors (Lipinski definition) is 3. The second-order valence-electron chi connectivity index (χ2n) is 3.73. The van der Waals surface area contributed by atoms with E-state index in [0.717, 1.165) is 22.5 Å². The molecule has 0 fully saturated rings. The van der Waals surface area contributed by atoms with Crippen molar-refractivity contribution in [1.82, 2.24) is 0 Å². The van der Waals surface area contributed by atoms with Crippen LogP contribution in [0.2, 0.25) is 0 Å². The van der Waals surface area contributed by atoms with Crippen molar-refractivity contribution in [3.63, 3.8) is 0 Å². The van der Waals surface area contributed by atoms with Gasteiger partial charge in [0.1, 0.15) is 6.04 Å². The first-order chi connectivity index (χ1) is 6.91. The standard InChI is InChI=1S/C11H16N2O2/c1-6-5-10(7(2)4-9(6)12)13-8(3)11(14)15/h4-5,8,13H,12H2,1-3H3,(H,14,15)/t8-/m1/s1. The van der Waals surface area contributed by atoms with Gasteiger partial charge in [-0.3, -0.25) is 4.79 Å². The lowest BCUT2D eigenvalue weighted by Gasteiger charge is -2.15. The van der Waals surface area contributed by atoms with Gasteiger partial charge in [0, 0.05) is 11.4 Å². The molecule has 1 aromatic carbocycles. The number of rotatable bonds is 3. The average Bonchev–Trinajstić information content (AvgIpc) is 2.13. The first-order valence-corrected chi connectivity index (χ1v) is 4.78. The molecule has 15 heavy (non-hydrogen) atoms. The van der Waals surface area contributed by atoms with Gasteiger partial charge in [0.25, 0.3) is 0 Å². The summed E-state index contributed by atoms with van der Waals surface area (Å²) in [5.41, 5.74) is 9.17. The zero-order valence-electron chi connectivity index (χ0n) is 9.16. The Hall–Kier alpha value is -1.71. The van der Waals surface area contributed by atoms with Gasteiger partial charge in [-0.05, 0) is 44.0 Å². The molecule has 0 heterocycles. The summed E-state index contributed by atoms with van der Waals surface area (Å²) in [6, 6.07) is 3.10. The fraction of sp³-hybridized carbons (Fsp3) is 0.364. The highest BCUT2D eigenvalue weighted by Gasteiger charge is 2.11. The number of carboxylic acid groups (broad SMARTS) is 1. The maximum Gasteiger partial charge on any atom is 0.325 e. The average molecular weight is 208 g/mol. The molecule has 0 unspecified atom stereocenters. The molecule has 0 aromatic heterocycles. The molecule has 1 aromatic rings. The van der Waals surface area contributed by atoms with Crippen molar-refractivity contribution >= 4 is 17.3 Å². The molecule has 4 nitrogen and oxygen atoms in total. The molecule has 0 bridgehead atoms. The second kappa shape index (κ2) is 4.21. The quantitative estimate of drug-likeness (QED) is 0.662. The SMILES string of the molecule is Cc1cc(N[C@H](C)C(=O)O)c(C)cc1N. The number of aryl methyl sites for hydroxylation is 2. The van der Waals surface area contributed by atoms with Crippen molar-refractivity contribution in [1.29, 1.82) is 0 Å². The van der Waals surface area contributed by atoms with E-state index in [4.69, 9.17) is 10.8 Å². The molecular formula is C11H16N2O2. The van der Waals surface area contributed by atoms with Gasteiger partial charge in [0.15, 0.2) is 0 Å². The Kier molecular flexibility index (Phi) is 3.19. The number of nitrogen functional groups attached to an aromatic ring is 1. The van der Waals surface area contributed by atoms with Crippen LogP contribution in [0, 0.1) is 13.8 Å². The van der Waals surface area contributed by atoms with Crippen LogP contribution in [0.15, 0.2) is 12.1 Å². The summed E-state index contributed by atoms with van der Waals surface area (Å²) in [5.74, 6) is -0.871. The number of anilines is 2. The number of hydrogen-bond acceptors (Lipinski definition) is 3. The Bertz CT molecular complexity index is 388. The van der Waals surface area contributed by atoms with E-state index in [1.165, 1.54) is 0 Å². The van der Waals surface area contributed by atoms with Gasteiger partial charge < -0.3 is 16.2 Å². The topological polar surface area (TPSA) is 75.3 Å². The summed E-state index contributed by atoms with van der Waals surface area (Å²) < 4.78 is 0. The molecule has 1 rings (SSSR count). The Balaban J connectivity index is 2.95. The molecule has 0 amide bonds. The highest BCUT2D eigenvalue weighted by molar-refractivity contribution is 5.77. The van der Waals surface area contributed by atoms with E-state index in [9.17, 15) is 4.79 Å². The summed E-state index contributed by atoms with van der Waals surface area (Å²) >= 11 is 0. The first kappa shape index (κ1) is 11.4. The lowest BCUT2D eigenvalue weighted by molar-refractivity contribution is -0.137. The number of carboxylic acids is 1. The third kappa shape index (κ3) is 2.62. The largest absolute Gasteiger partial charge is 0.480 e. The zero-order valence-corrected chi connectivity index (χ0v) is 9.16. The van der Waals surface area contributed by atoms with Crippen LogP contribution >= 0.6 is 0 Å². The van der Waals surface area contributed by atoms with Crippen molar-refractivity contribution in [2.75, 3.05) is 11.1 Å². The fourth-order valence-corrected chi connectivity index (χ4v) is 1.29. The number of benzene rings is 1. The first-order valence-electron chi connectivity index (χ1n) is 4.78. The van der Waals surface area contributed by atoms with Crippen LogP contribution in [-0.4, -0.2) is 17.1 Å². The Labute approximate surface area is 89.1 Å². The highest BCUT2D eigenvalue weighted by Crippen LogP contribution is 2.22. The van der Waals surface area contributed by atoms with Gasteiger partial charge in [-0.2, -0.15) is 0 Å². The fourth-order valence-electron chi connectivity index (χ4n) is 1.29. The van der Waals surface area contributed by atoms with E-state index in [1.54, 1.807) is 6.92 Å². The van der Waals surface area contributed by atoms with Crippen molar-refractivity contribution < 1.29 is 9.90 Å². The predicted octanol–water partition coefficient (Wildman–Crippen LogP) is 1.77. The molecule has 0 radical (unpaired) electrons. The highest BCUT2D eigenvalue weighted by atomic mass is 16.4. The second-order valence-corrected chi connectivity index (χ2v) is 3.73. The minimum Gasteiger partial charge on any atom is -0.480 e. The van der Waals surface area contributed by atoms with E-state index in [1.807, 2.05) is 26.0 Å². The predicted molar refractivity (Wildman–Crippen MR) is 61.0 cm³/mol. The van der Waals surface area contributed by atoms with Gasteiger partial charge in [-0.25, -0.2) is 0 Å². The Morgan fingerprint density at radius 2 is 2.00 bits per heavy atom. The molecule has 4 N–H and O–H groups in total. The summed E-state index contributed by atoms with van der Waals surface area (Å²) in [6.45, 7) is 5.39. The number of aliphatic carboxylic acids is 1. The molecule has 0 aliphatic heterocycles. The van der Waals surface area contributed by atoms with Crippen LogP contribution in [0.1, 0.15) is 18.1 Å². The van der Waals surface area contributed by atoms with Crippen molar-refractivity contribution in [2.45, 2.75) is 26.8 Å². The lowest BCUT2D eigenvalue weighted by atomic mass is 10.1. The Morgan fingerprint density at radius 3 is 2.53 bits per heavy atom. The van der Waals surface area contributed by atoms with Crippen molar-refractivity contribution in [3.8, 4) is 0 Å². The molecule has 0 aliphatic rings. The van der Waals surface area contributed by atoms with Crippen LogP contribution in [0.25, 0.3) is 0 Å². The number of nitrogens with two attached hydrogens (primary N) is 1. The van der Waals surface area contributed by atoms with Crippen LogP contribution in [0.5, 0.6) is 0 Å². The van der Waals surface area contributed by atoms with Crippen LogP contribution < -0.4 is 11.1 Å². The van der Waals surface area contributed by atoms with E-state index < -0.39 is 12.0 Å². The van der Waals surface area contributed by atoms with E-state index >= 15 is 0 Å². The third-order valence-electron chi connectivity index (χ3n) is 2.36. The molecule has 4 heteroatoms. The maximum atomic E-state index is 10.7. The van der Waals surface area contributed by atoms with Gasteiger partial charge in [-0.15, -0.1) is 0 Å². The van der Waals surface area contributed by atoms with Gasteiger partial charge in [-0.1, -0.05) is 0 Å². The molecular weight excluding hydrogens is 192 g/mol. The smallest absolute Gasteiger partial charge is 0.325 e. The summed E-state index contributed by atoms with van der Waals surface area (Å²) in [4.78, 5) is 10.7. The van der Waals surface area contributed by atoms with E-state index in [-0.39, 0.29) is 0 Å². The monoisotopic (exact) mass is 208 g/mol. The summed E-state index contributed by atoms with van der Waals surface area (Å²) in [7, 11) is 0. The van der Waals surface area contributed by atoms with Crippen molar-refractivity contribution in [3.05, 3.63) is 23.3 Å². The minimum atomic E-state index is -0.871. The number of carbonyl (C=O) groups is 1. The molecule has 0 saturated carbocycles. The maximum absolute atomic E-state index is 10.7. The molecule has 1 atom stereocenters. The zero-order chi connectivity index (χ0) is 11.6. The lowest BCUT2D eigenvalue weighted by Crippen LogP contribution is -2.25. The third-order valence-corrected chi connectivity index (χ3v) is 2.36. The van der Waals surface area contributed by atoms with Crippen LogP contribution in [0.4, 0.5) is 11.4 Å². The van der Waals surface area contributed by atoms with E-state index in [0.29, 0.717) is 0 Å². The molecule has 82 valence electrons. The summed E-state index contributed by atoms with van der Waals surface area (Å²) in [5, 5.41) is 11.7.